The average Bonchev–Trinajstić information content (AvgIpc) is 3.06. The number of hydrogen-bond donors (Lipinski definition) is 1. The van der Waals surface area contributed by atoms with Crippen LogP contribution in [0.2, 0.25) is 0 Å². The molecule has 20 heavy (non-hydrogen) atoms. The fraction of sp³-hybridized carbons (Fsp3) is 0.357. The van der Waals surface area contributed by atoms with Crippen LogP contribution in [-0.2, 0) is 12.8 Å². The van der Waals surface area contributed by atoms with E-state index >= 15 is 0 Å². The van der Waals surface area contributed by atoms with Crippen LogP contribution in [0.25, 0.3) is 15.5 Å². The van der Waals surface area contributed by atoms with Crippen LogP contribution >= 0.6 is 11.3 Å². The summed E-state index contributed by atoms with van der Waals surface area (Å²) >= 11 is 1.61. The summed E-state index contributed by atoms with van der Waals surface area (Å²) < 4.78 is 1.87. The standard InChI is InChI=1S/C14H15N5S/c1-2-12-16-17-14-19(12)18-13(20-14)10-5-3-7-11-9(10)6-4-8-15-11/h3,5,7,15H,2,4,6,8H2,1H3. The lowest BCUT2D eigenvalue weighted by Crippen LogP contribution is -2.12. The zero-order valence-corrected chi connectivity index (χ0v) is 12.1. The van der Waals surface area contributed by atoms with Gasteiger partial charge in [0.05, 0.1) is 0 Å². The molecule has 0 atom stereocenters. The molecular weight excluding hydrogens is 270 g/mol. The predicted molar refractivity (Wildman–Crippen MR) is 80.3 cm³/mol. The molecule has 1 N–H and O–H groups in total. The highest BCUT2D eigenvalue weighted by atomic mass is 32.1. The van der Waals surface area contributed by atoms with E-state index in [9.17, 15) is 0 Å². The number of anilines is 1. The fourth-order valence-corrected chi connectivity index (χ4v) is 3.61. The monoisotopic (exact) mass is 285 g/mol. The van der Waals surface area contributed by atoms with Gasteiger partial charge in [0.1, 0.15) is 5.01 Å². The molecule has 0 bridgehead atoms. The van der Waals surface area contributed by atoms with E-state index < -0.39 is 0 Å². The van der Waals surface area contributed by atoms with Crippen LogP contribution in [0, 0.1) is 0 Å². The van der Waals surface area contributed by atoms with Crippen LogP contribution in [0.15, 0.2) is 18.2 Å². The molecular formula is C14H15N5S. The minimum Gasteiger partial charge on any atom is -0.385 e. The number of aryl methyl sites for hydroxylation is 1. The van der Waals surface area contributed by atoms with Gasteiger partial charge < -0.3 is 5.32 Å². The predicted octanol–water partition coefficient (Wildman–Crippen LogP) is 2.77. The van der Waals surface area contributed by atoms with Crippen LogP contribution < -0.4 is 5.32 Å². The average molecular weight is 285 g/mol. The quantitative estimate of drug-likeness (QED) is 0.786. The van der Waals surface area contributed by atoms with Crippen molar-refractivity contribution in [2.45, 2.75) is 26.2 Å². The lowest BCUT2D eigenvalue weighted by Gasteiger charge is -2.19. The molecule has 2 aromatic heterocycles. The zero-order valence-electron chi connectivity index (χ0n) is 11.3. The Balaban J connectivity index is 1.88. The van der Waals surface area contributed by atoms with Crippen LogP contribution in [0.4, 0.5) is 5.69 Å². The molecule has 1 aliphatic heterocycles. The first-order chi connectivity index (χ1) is 9.86. The second kappa shape index (κ2) is 4.56. The summed E-state index contributed by atoms with van der Waals surface area (Å²) in [6.45, 7) is 3.13. The highest BCUT2D eigenvalue weighted by Gasteiger charge is 2.18. The van der Waals surface area contributed by atoms with E-state index in [1.165, 1.54) is 23.2 Å². The van der Waals surface area contributed by atoms with Crippen molar-refractivity contribution in [1.29, 1.82) is 0 Å². The molecule has 0 spiro atoms. The molecule has 0 aliphatic carbocycles. The van der Waals surface area contributed by atoms with Crippen LogP contribution in [0.5, 0.6) is 0 Å². The van der Waals surface area contributed by atoms with E-state index in [0.29, 0.717) is 0 Å². The molecule has 0 fully saturated rings. The molecule has 0 amide bonds. The Morgan fingerprint density at radius 3 is 3.20 bits per heavy atom. The van der Waals surface area contributed by atoms with Gasteiger partial charge in [0.25, 0.3) is 0 Å². The number of benzene rings is 1. The molecule has 102 valence electrons. The summed E-state index contributed by atoms with van der Waals surface area (Å²) in [5, 5.41) is 17.5. The molecule has 0 unspecified atom stereocenters. The Bertz CT molecular complexity index is 773. The third-order valence-electron chi connectivity index (χ3n) is 3.70. The summed E-state index contributed by atoms with van der Waals surface area (Å²) in [5.41, 5.74) is 3.85. The van der Waals surface area contributed by atoms with E-state index in [4.69, 9.17) is 5.10 Å². The smallest absolute Gasteiger partial charge is 0.234 e. The van der Waals surface area contributed by atoms with Gasteiger partial charge in [0.15, 0.2) is 5.82 Å². The number of rotatable bonds is 2. The van der Waals surface area contributed by atoms with E-state index in [-0.39, 0.29) is 0 Å². The van der Waals surface area contributed by atoms with Gasteiger partial charge in [0.2, 0.25) is 4.96 Å². The van der Waals surface area contributed by atoms with Crippen molar-refractivity contribution in [3.05, 3.63) is 29.6 Å². The topological polar surface area (TPSA) is 55.1 Å². The Morgan fingerprint density at radius 1 is 1.35 bits per heavy atom. The molecule has 4 rings (SSSR count). The number of fused-ring (bicyclic) bond motifs is 2. The largest absolute Gasteiger partial charge is 0.385 e. The van der Waals surface area contributed by atoms with E-state index in [1.807, 2.05) is 4.52 Å². The van der Waals surface area contributed by atoms with Gasteiger partial charge in [-0.25, -0.2) is 0 Å². The van der Waals surface area contributed by atoms with Crippen LogP contribution in [0.1, 0.15) is 24.7 Å². The first-order valence-electron chi connectivity index (χ1n) is 6.94. The minimum absolute atomic E-state index is 0.846. The van der Waals surface area contributed by atoms with Crippen LogP contribution in [0.3, 0.4) is 0 Å². The van der Waals surface area contributed by atoms with Crippen molar-refractivity contribution in [3.8, 4) is 10.6 Å². The number of aromatic nitrogens is 4. The molecule has 1 aromatic carbocycles. The van der Waals surface area contributed by atoms with Gasteiger partial charge in [-0.3, -0.25) is 0 Å². The molecule has 3 heterocycles. The number of hydrogen-bond acceptors (Lipinski definition) is 5. The highest BCUT2D eigenvalue weighted by molar-refractivity contribution is 7.19. The first-order valence-corrected chi connectivity index (χ1v) is 7.75. The highest BCUT2D eigenvalue weighted by Crippen LogP contribution is 2.34. The molecule has 0 saturated carbocycles. The van der Waals surface area contributed by atoms with E-state index in [0.717, 1.165) is 35.2 Å². The summed E-state index contributed by atoms with van der Waals surface area (Å²) in [5.74, 6) is 0.922. The fourth-order valence-electron chi connectivity index (χ4n) is 2.70. The van der Waals surface area contributed by atoms with Crippen molar-refractivity contribution in [3.63, 3.8) is 0 Å². The van der Waals surface area contributed by atoms with Crippen molar-refractivity contribution < 1.29 is 0 Å². The van der Waals surface area contributed by atoms with Gasteiger partial charge in [-0.1, -0.05) is 30.4 Å². The van der Waals surface area contributed by atoms with Crippen LogP contribution in [-0.4, -0.2) is 26.4 Å². The Labute approximate surface area is 120 Å². The van der Waals surface area contributed by atoms with Gasteiger partial charge in [-0.2, -0.15) is 9.61 Å². The number of nitrogens with zero attached hydrogens (tertiary/aromatic N) is 4. The van der Waals surface area contributed by atoms with Gasteiger partial charge in [-0.15, -0.1) is 10.2 Å². The summed E-state index contributed by atoms with van der Waals surface area (Å²) in [4.78, 5) is 0.873. The molecule has 5 nitrogen and oxygen atoms in total. The summed E-state index contributed by atoms with van der Waals surface area (Å²) in [7, 11) is 0. The summed E-state index contributed by atoms with van der Waals surface area (Å²) in [6.07, 6.45) is 3.13. The third-order valence-corrected chi connectivity index (χ3v) is 4.63. The second-order valence-corrected chi connectivity index (χ2v) is 5.89. The van der Waals surface area contributed by atoms with Crippen molar-refractivity contribution in [2.75, 3.05) is 11.9 Å². The molecule has 3 aromatic rings. The lowest BCUT2D eigenvalue weighted by molar-refractivity contribution is 0.824. The SMILES string of the molecule is CCc1nnc2sc(-c3cccc4c3CCCN4)nn12. The third kappa shape index (κ3) is 1.71. The minimum atomic E-state index is 0.846. The van der Waals surface area contributed by atoms with E-state index in [1.54, 1.807) is 11.3 Å². The maximum atomic E-state index is 4.70. The lowest BCUT2D eigenvalue weighted by atomic mass is 9.98. The maximum Gasteiger partial charge on any atom is 0.234 e. The Morgan fingerprint density at radius 2 is 2.30 bits per heavy atom. The maximum absolute atomic E-state index is 4.70. The molecule has 0 radical (unpaired) electrons. The normalized spacial score (nSPS) is 14.2. The first kappa shape index (κ1) is 11.8. The van der Waals surface area contributed by atoms with Gasteiger partial charge >= 0.3 is 0 Å². The second-order valence-electron chi connectivity index (χ2n) is 4.93. The molecule has 6 heteroatoms. The molecule has 0 saturated heterocycles. The van der Waals surface area contributed by atoms with Gasteiger partial charge in [-0.05, 0) is 24.5 Å². The van der Waals surface area contributed by atoms with Crippen molar-refractivity contribution in [1.82, 2.24) is 19.8 Å². The molecule has 1 aliphatic rings. The van der Waals surface area contributed by atoms with E-state index in [2.05, 4.69) is 40.6 Å². The van der Waals surface area contributed by atoms with Crippen molar-refractivity contribution in [2.24, 2.45) is 0 Å². The summed E-state index contributed by atoms with van der Waals surface area (Å²) in [6, 6.07) is 6.40. The van der Waals surface area contributed by atoms with Crippen molar-refractivity contribution >= 4 is 22.0 Å². The van der Waals surface area contributed by atoms with Gasteiger partial charge in [0, 0.05) is 24.2 Å². The number of nitrogens with one attached hydrogen (secondary N) is 1. The Hall–Kier alpha value is -1.95. The zero-order chi connectivity index (χ0) is 13.5. The Kier molecular flexibility index (Phi) is 2.70.